The van der Waals surface area contributed by atoms with Crippen LogP contribution in [0.5, 0.6) is 0 Å². The summed E-state index contributed by atoms with van der Waals surface area (Å²) in [7, 11) is 0. The van der Waals surface area contributed by atoms with Crippen molar-refractivity contribution in [2.45, 2.75) is 20.8 Å². The molecule has 6 aromatic rings. The van der Waals surface area contributed by atoms with Crippen molar-refractivity contribution in [3.05, 3.63) is 128 Å². The van der Waals surface area contributed by atoms with Crippen LogP contribution in [0.2, 0.25) is 0 Å². The molecule has 0 aliphatic carbocycles. The second-order valence-corrected chi connectivity index (χ2v) is 10.0. The lowest BCUT2D eigenvalue weighted by Gasteiger charge is -2.08. The first-order valence-electron chi connectivity index (χ1n) is 12.3. The van der Waals surface area contributed by atoms with E-state index < -0.39 is 0 Å². The van der Waals surface area contributed by atoms with Crippen LogP contribution in [-0.4, -0.2) is 34.5 Å². The summed E-state index contributed by atoms with van der Waals surface area (Å²) in [5.41, 5.74) is 5.83. The van der Waals surface area contributed by atoms with Gasteiger partial charge in [-0.3, -0.25) is 33.2 Å². The third-order valence-electron chi connectivity index (χ3n) is 6.08. The Morgan fingerprint density at radius 1 is 0.700 bits per heavy atom. The van der Waals surface area contributed by atoms with Gasteiger partial charge in [0, 0.05) is 60.4 Å². The minimum Gasteiger partial charge on any atom is -0.294 e. The fraction of sp³-hybridized carbons (Fsp3) is 0.100. The van der Waals surface area contributed by atoms with E-state index in [1.165, 1.54) is 23.5 Å². The minimum absolute atomic E-state index is 0.0961. The average molecular weight is 595 g/mol. The molecule has 0 amide bonds. The molecule has 0 aliphatic heterocycles. The molecule has 0 saturated carbocycles. The molecule has 6 rings (SSSR count). The quantitative estimate of drug-likeness (QED) is 0.262. The molecule has 10 heteroatoms. The number of rotatable bonds is 3. The molecule has 0 atom stereocenters. The first-order chi connectivity index (χ1) is 19.2. The van der Waals surface area contributed by atoms with Gasteiger partial charge in [0.1, 0.15) is 0 Å². The third-order valence-corrected chi connectivity index (χ3v) is 6.67. The maximum absolute atomic E-state index is 12.3. The van der Waals surface area contributed by atoms with E-state index in [0.717, 1.165) is 26.7 Å². The molecule has 0 spiro atoms. The maximum Gasteiger partial charge on any atom is 0.258 e. The molecule has 0 fully saturated rings. The van der Waals surface area contributed by atoms with E-state index in [0.29, 0.717) is 28.2 Å². The number of ketones is 1. The Morgan fingerprint density at radius 2 is 1.15 bits per heavy atom. The number of nitrogens with zero attached hydrogens (tertiary/aromatic N) is 6. The molecule has 0 N–H and O–H groups in total. The van der Waals surface area contributed by atoms with Gasteiger partial charge in [0.15, 0.2) is 17.1 Å². The summed E-state index contributed by atoms with van der Waals surface area (Å²) < 4.78 is 3.77. The number of carbonyl (C=O) groups excluding carboxylic acids is 1. The Kier molecular flexibility index (Phi) is 7.43. The number of aryl methyl sites for hydroxylation is 2. The van der Waals surface area contributed by atoms with Crippen LogP contribution < -0.4 is 11.1 Å². The molecular weight excluding hydrogens is 572 g/mol. The SMILES string of the molecule is CC(=O)c1cc(C)cn2c(=O)cc(-c3ccncc3)nc12.Cc1cc(Br)c2nc(-c3ccncc3)cc(=O)n2c1. The first kappa shape index (κ1) is 26.8. The molecule has 9 nitrogen and oxygen atoms in total. The Morgan fingerprint density at radius 3 is 1.65 bits per heavy atom. The summed E-state index contributed by atoms with van der Waals surface area (Å²) in [5, 5.41) is 0. The largest absolute Gasteiger partial charge is 0.294 e. The molecule has 40 heavy (non-hydrogen) atoms. The number of hydrogen-bond acceptors (Lipinski definition) is 7. The summed E-state index contributed by atoms with van der Waals surface area (Å²) in [5.74, 6) is -0.116. The van der Waals surface area contributed by atoms with Crippen LogP contribution in [0.1, 0.15) is 28.4 Å². The van der Waals surface area contributed by atoms with Crippen molar-refractivity contribution in [2.24, 2.45) is 0 Å². The number of carbonyl (C=O) groups is 1. The lowest BCUT2D eigenvalue weighted by Crippen LogP contribution is -2.17. The van der Waals surface area contributed by atoms with E-state index in [2.05, 4.69) is 35.9 Å². The van der Waals surface area contributed by atoms with E-state index in [4.69, 9.17) is 0 Å². The summed E-state index contributed by atoms with van der Waals surface area (Å²) in [6, 6.07) is 13.9. The van der Waals surface area contributed by atoms with Crippen molar-refractivity contribution in [3.63, 3.8) is 0 Å². The van der Waals surface area contributed by atoms with Gasteiger partial charge in [0.2, 0.25) is 0 Å². The van der Waals surface area contributed by atoms with Gasteiger partial charge in [-0.25, -0.2) is 9.97 Å². The van der Waals surface area contributed by atoms with Crippen molar-refractivity contribution in [1.29, 1.82) is 0 Å². The second kappa shape index (κ2) is 11.1. The van der Waals surface area contributed by atoms with Crippen LogP contribution >= 0.6 is 15.9 Å². The number of Topliss-reactive ketones (excluding diaryl/α,β-unsaturated/α-hetero) is 1. The van der Waals surface area contributed by atoms with Gasteiger partial charge in [-0.1, -0.05) is 0 Å². The summed E-state index contributed by atoms with van der Waals surface area (Å²) in [4.78, 5) is 53.2. The molecule has 0 saturated heterocycles. The molecule has 0 aromatic carbocycles. The summed E-state index contributed by atoms with van der Waals surface area (Å²) in [6.07, 6.45) is 10.1. The predicted molar refractivity (Wildman–Crippen MR) is 157 cm³/mol. The van der Waals surface area contributed by atoms with Gasteiger partial charge in [0.05, 0.1) is 21.4 Å². The highest BCUT2D eigenvalue weighted by molar-refractivity contribution is 9.10. The standard InChI is InChI=1S/C16H13N3O2.C14H10BrN3O/c1-10-7-13(11(2)20)16-18-14(8-15(21)19(16)9-10)12-3-5-17-6-4-12;1-9-6-11(15)14-17-12(7-13(19)18(14)8-9)10-2-4-16-5-3-10/h3-9H,1-2H3;2-8H,1H3. The molecule has 6 heterocycles. The van der Waals surface area contributed by atoms with E-state index in [-0.39, 0.29) is 16.9 Å². The van der Waals surface area contributed by atoms with Gasteiger partial charge < -0.3 is 0 Å². The van der Waals surface area contributed by atoms with Gasteiger partial charge in [-0.15, -0.1) is 0 Å². The lowest BCUT2D eigenvalue weighted by atomic mass is 10.1. The molecule has 0 radical (unpaired) electrons. The second-order valence-electron chi connectivity index (χ2n) is 9.17. The van der Waals surface area contributed by atoms with Gasteiger partial charge in [0.25, 0.3) is 11.1 Å². The molecule has 198 valence electrons. The van der Waals surface area contributed by atoms with Crippen LogP contribution in [0.4, 0.5) is 0 Å². The zero-order chi connectivity index (χ0) is 28.4. The third kappa shape index (κ3) is 5.48. The fourth-order valence-corrected chi connectivity index (χ4v) is 4.87. The maximum atomic E-state index is 12.3. The Hall–Kier alpha value is -4.83. The monoisotopic (exact) mass is 594 g/mol. The Bertz CT molecular complexity index is 2000. The number of hydrogen-bond donors (Lipinski definition) is 0. The summed E-state index contributed by atoms with van der Waals surface area (Å²) in [6.45, 7) is 5.25. The summed E-state index contributed by atoms with van der Waals surface area (Å²) >= 11 is 3.45. The van der Waals surface area contributed by atoms with Crippen LogP contribution in [0.15, 0.2) is 99.8 Å². The van der Waals surface area contributed by atoms with Crippen LogP contribution in [0.3, 0.4) is 0 Å². The van der Waals surface area contributed by atoms with Crippen molar-refractivity contribution in [2.75, 3.05) is 0 Å². The van der Waals surface area contributed by atoms with Crippen LogP contribution in [-0.2, 0) is 0 Å². The van der Waals surface area contributed by atoms with E-state index in [1.807, 2.05) is 32.0 Å². The van der Waals surface area contributed by atoms with Crippen molar-refractivity contribution >= 4 is 33.0 Å². The zero-order valence-corrected chi connectivity index (χ0v) is 23.5. The van der Waals surface area contributed by atoms with E-state index in [1.54, 1.807) is 59.8 Å². The predicted octanol–water partition coefficient (Wildman–Crippen LogP) is 5.09. The van der Waals surface area contributed by atoms with Gasteiger partial charge >= 0.3 is 0 Å². The molecular formula is C30H23BrN6O3. The van der Waals surface area contributed by atoms with Crippen molar-refractivity contribution in [1.82, 2.24) is 28.7 Å². The Labute approximate surface area is 237 Å². The van der Waals surface area contributed by atoms with Gasteiger partial charge in [-0.05, 0) is 84.2 Å². The molecule has 0 aliphatic rings. The number of pyridine rings is 4. The van der Waals surface area contributed by atoms with Crippen LogP contribution in [0.25, 0.3) is 33.8 Å². The van der Waals surface area contributed by atoms with Crippen molar-refractivity contribution < 1.29 is 4.79 Å². The highest BCUT2D eigenvalue weighted by Crippen LogP contribution is 2.21. The lowest BCUT2D eigenvalue weighted by molar-refractivity contribution is 0.101. The van der Waals surface area contributed by atoms with Crippen LogP contribution in [0, 0.1) is 13.8 Å². The molecule has 0 bridgehead atoms. The minimum atomic E-state index is -0.210. The topological polar surface area (TPSA) is 112 Å². The number of fused-ring (bicyclic) bond motifs is 2. The molecule has 6 aromatic heterocycles. The zero-order valence-electron chi connectivity index (χ0n) is 21.9. The first-order valence-corrected chi connectivity index (χ1v) is 13.1. The van der Waals surface area contributed by atoms with E-state index >= 15 is 0 Å². The van der Waals surface area contributed by atoms with Crippen molar-refractivity contribution in [3.8, 4) is 22.5 Å². The average Bonchev–Trinajstić information content (AvgIpc) is 2.94. The normalized spacial score (nSPS) is 10.8. The molecule has 0 unspecified atom stereocenters. The Balaban J connectivity index is 0.000000162. The highest BCUT2D eigenvalue weighted by atomic mass is 79.9. The van der Waals surface area contributed by atoms with Gasteiger partial charge in [-0.2, -0.15) is 0 Å². The fourth-order valence-electron chi connectivity index (χ4n) is 4.23. The van der Waals surface area contributed by atoms with E-state index in [9.17, 15) is 14.4 Å². The smallest absolute Gasteiger partial charge is 0.258 e. The number of halogens is 1. The highest BCUT2D eigenvalue weighted by Gasteiger charge is 2.12. The number of aromatic nitrogens is 6.